The third kappa shape index (κ3) is 6.12. The summed E-state index contributed by atoms with van der Waals surface area (Å²) >= 11 is 4.71. The maximum atomic E-state index is 12.5. The minimum atomic E-state index is -0.972. The molecule has 9 heteroatoms. The van der Waals surface area contributed by atoms with Gasteiger partial charge in [-0.15, -0.1) is 0 Å². The fraction of sp³-hybridized carbons (Fsp3) is 0.115. The second kappa shape index (κ2) is 10.8. The van der Waals surface area contributed by atoms with Gasteiger partial charge in [0.15, 0.2) is 16.7 Å². The highest BCUT2D eigenvalue weighted by atomic mass is 79.9. The molecule has 0 aromatic heterocycles. The van der Waals surface area contributed by atoms with Gasteiger partial charge in [-0.25, -0.2) is 9.79 Å². The van der Waals surface area contributed by atoms with Gasteiger partial charge in [0, 0.05) is 4.47 Å². The molecule has 1 heterocycles. The molecule has 0 bridgehead atoms. The van der Waals surface area contributed by atoms with Crippen molar-refractivity contribution < 1.29 is 24.2 Å². The van der Waals surface area contributed by atoms with Crippen molar-refractivity contribution in [1.82, 2.24) is 5.32 Å². The van der Waals surface area contributed by atoms with Gasteiger partial charge < -0.3 is 19.9 Å². The number of carboxylic acids is 1. The van der Waals surface area contributed by atoms with Gasteiger partial charge in [-0.05, 0) is 83.9 Å². The Bertz CT molecular complexity index is 1350. The molecule has 3 aromatic carbocycles. The monoisotopic (exact) mass is 552 g/mol. The van der Waals surface area contributed by atoms with Gasteiger partial charge in [0.2, 0.25) is 0 Å². The molecule has 35 heavy (non-hydrogen) atoms. The molecule has 7 nitrogen and oxygen atoms in total. The minimum absolute atomic E-state index is 0.215. The van der Waals surface area contributed by atoms with Gasteiger partial charge in [0.05, 0.1) is 23.3 Å². The Labute approximate surface area is 215 Å². The SMILES string of the molecule is COc1cc(/C=C2/SC(=Nc3ccc(Br)cc3C)NC2=O)ccc1OCc1ccc(C(=O)O)cc1. The number of halogens is 1. The lowest BCUT2D eigenvalue weighted by Crippen LogP contribution is -2.19. The fourth-order valence-electron chi connectivity index (χ4n) is 3.28. The first-order chi connectivity index (χ1) is 16.8. The van der Waals surface area contributed by atoms with E-state index < -0.39 is 5.97 Å². The quantitative estimate of drug-likeness (QED) is 0.352. The third-order valence-corrected chi connectivity index (χ3v) is 6.52. The van der Waals surface area contributed by atoms with E-state index in [1.807, 2.05) is 31.2 Å². The summed E-state index contributed by atoms with van der Waals surface area (Å²) in [6.45, 7) is 2.22. The molecule has 1 amide bonds. The Morgan fingerprint density at radius 1 is 1.11 bits per heavy atom. The predicted molar refractivity (Wildman–Crippen MR) is 140 cm³/mol. The van der Waals surface area contributed by atoms with Crippen molar-refractivity contribution in [3.05, 3.63) is 92.3 Å². The number of benzene rings is 3. The highest BCUT2D eigenvalue weighted by Gasteiger charge is 2.24. The van der Waals surface area contributed by atoms with Crippen molar-refractivity contribution in [1.29, 1.82) is 0 Å². The number of ether oxygens (including phenoxy) is 2. The van der Waals surface area contributed by atoms with E-state index in [-0.39, 0.29) is 18.1 Å². The Kier molecular flexibility index (Phi) is 7.57. The zero-order valence-corrected chi connectivity index (χ0v) is 21.3. The highest BCUT2D eigenvalue weighted by Crippen LogP contribution is 2.33. The lowest BCUT2D eigenvalue weighted by Gasteiger charge is -2.11. The van der Waals surface area contributed by atoms with Crippen LogP contribution in [0.3, 0.4) is 0 Å². The average Bonchev–Trinajstić information content (AvgIpc) is 3.18. The first kappa shape index (κ1) is 24.6. The van der Waals surface area contributed by atoms with Crippen LogP contribution in [-0.2, 0) is 11.4 Å². The smallest absolute Gasteiger partial charge is 0.335 e. The van der Waals surface area contributed by atoms with Gasteiger partial charge in [-0.3, -0.25) is 4.79 Å². The Balaban J connectivity index is 1.47. The summed E-state index contributed by atoms with van der Waals surface area (Å²) < 4.78 is 12.3. The van der Waals surface area contributed by atoms with E-state index in [4.69, 9.17) is 14.6 Å². The van der Waals surface area contributed by atoms with Crippen molar-refractivity contribution >= 4 is 56.5 Å². The zero-order valence-electron chi connectivity index (χ0n) is 18.9. The molecule has 3 aromatic rings. The fourth-order valence-corrected chi connectivity index (χ4v) is 4.59. The van der Waals surface area contributed by atoms with Gasteiger partial charge in [0.25, 0.3) is 5.91 Å². The van der Waals surface area contributed by atoms with Crippen LogP contribution < -0.4 is 14.8 Å². The molecule has 0 unspecified atom stereocenters. The van der Waals surface area contributed by atoms with Crippen LogP contribution in [0.1, 0.15) is 27.0 Å². The topological polar surface area (TPSA) is 97.2 Å². The van der Waals surface area contributed by atoms with Crippen LogP contribution in [-0.4, -0.2) is 29.3 Å². The summed E-state index contributed by atoms with van der Waals surface area (Å²) in [6.07, 6.45) is 1.77. The number of aryl methyl sites for hydroxylation is 1. The number of nitrogens with zero attached hydrogens (tertiary/aromatic N) is 1. The Morgan fingerprint density at radius 3 is 2.57 bits per heavy atom. The van der Waals surface area contributed by atoms with E-state index in [2.05, 4.69) is 26.2 Å². The van der Waals surface area contributed by atoms with Crippen LogP contribution in [0.5, 0.6) is 11.5 Å². The average molecular weight is 553 g/mol. The second-order valence-electron chi connectivity index (χ2n) is 7.61. The normalized spacial score (nSPS) is 15.3. The summed E-state index contributed by atoms with van der Waals surface area (Å²) in [4.78, 5) is 28.6. The molecule has 1 aliphatic heterocycles. The van der Waals surface area contributed by atoms with Gasteiger partial charge in [0.1, 0.15) is 6.61 Å². The molecule has 0 aliphatic carbocycles. The summed E-state index contributed by atoms with van der Waals surface area (Å²) in [6, 6.07) is 17.7. The summed E-state index contributed by atoms with van der Waals surface area (Å²) in [5, 5.41) is 12.3. The van der Waals surface area contributed by atoms with Crippen LogP contribution in [0.15, 0.2) is 75.0 Å². The molecular formula is C26H21BrN2O5S. The van der Waals surface area contributed by atoms with Crippen molar-refractivity contribution in [2.45, 2.75) is 13.5 Å². The lowest BCUT2D eigenvalue weighted by molar-refractivity contribution is -0.115. The second-order valence-corrected chi connectivity index (χ2v) is 9.56. The van der Waals surface area contributed by atoms with Crippen LogP contribution >= 0.6 is 27.7 Å². The van der Waals surface area contributed by atoms with E-state index in [0.29, 0.717) is 21.6 Å². The maximum Gasteiger partial charge on any atom is 0.335 e. The molecule has 0 radical (unpaired) electrons. The predicted octanol–water partition coefficient (Wildman–Crippen LogP) is 5.93. The molecule has 0 atom stereocenters. The number of carboxylic acid groups (broad SMARTS) is 1. The Hall–Kier alpha value is -3.56. The molecular weight excluding hydrogens is 532 g/mol. The third-order valence-electron chi connectivity index (χ3n) is 5.11. The van der Waals surface area contributed by atoms with Crippen molar-refractivity contribution in [2.75, 3.05) is 7.11 Å². The van der Waals surface area contributed by atoms with E-state index in [1.165, 1.54) is 23.9 Å². The maximum absolute atomic E-state index is 12.5. The number of rotatable bonds is 7. The number of thioether (sulfide) groups is 1. The van der Waals surface area contributed by atoms with E-state index in [0.717, 1.165) is 26.9 Å². The summed E-state index contributed by atoms with van der Waals surface area (Å²) in [7, 11) is 1.54. The Morgan fingerprint density at radius 2 is 1.89 bits per heavy atom. The molecule has 0 spiro atoms. The number of nitrogens with one attached hydrogen (secondary N) is 1. The number of aliphatic imine (C=N–C) groups is 1. The van der Waals surface area contributed by atoms with Crippen LogP contribution in [0.2, 0.25) is 0 Å². The largest absolute Gasteiger partial charge is 0.493 e. The number of hydrogen-bond donors (Lipinski definition) is 2. The van der Waals surface area contributed by atoms with Gasteiger partial charge in [-0.2, -0.15) is 0 Å². The molecule has 1 aliphatic rings. The number of methoxy groups -OCH3 is 1. The number of carbonyl (C=O) groups excluding carboxylic acids is 1. The molecule has 1 saturated heterocycles. The van der Waals surface area contributed by atoms with Crippen molar-refractivity contribution in [3.8, 4) is 11.5 Å². The first-order valence-corrected chi connectivity index (χ1v) is 12.1. The van der Waals surface area contributed by atoms with E-state index in [1.54, 1.807) is 37.5 Å². The standard InChI is InChI=1S/C26H21BrN2O5S/c1-15-11-19(27)8-9-20(15)28-26-29-24(30)23(35-26)13-17-5-10-21(22(12-17)33-2)34-14-16-3-6-18(7-4-16)25(31)32/h3-13H,14H2,1-2H3,(H,31,32)(H,28,29,30)/b23-13+. The number of amidine groups is 1. The molecule has 1 fully saturated rings. The van der Waals surface area contributed by atoms with Crippen LogP contribution in [0.4, 0.5) is 5.69 Å². The molecule has 0 saturated carbocycles. The van der Waals surface area contributed by atoms with E-state index in [9.17, 15) is 9.59 Å². The summed E-state index contributed by atoms with van der Waals surface area (Å²) in [5.41, 5.74) is 3.61. The van der Waals surface area contributed by atoms with Crippen molar-refractivity contribution in [2.24, 2.45) is 4.99 Å². The minimum Gasteiger partial charge on any atom is -0.493 e. The van der Waals surface area contributed by atoms with Crippen molar-refractivity contribution in [3.63, 3.8) is 0 Å². The summed E-state index contributed by atoms with van der Waals surface area (Å²) in [5.74, 6) is -0.134. The lowest BCUT2D eigenvalue weighted by atomic mass is 10.1. The number of hydrogen-bond acceptors (Lipinski definition) is 6. The molecule has 178 valence electrons. The molecule has 4 rings (SSSR count). The first-order valence-electron chi connectivity index (χ1n) is 10.5. The number of carbonyl (C=O) groups is 2. The molecule has 2 N–H and O–H groups in total. The van der Waals surface area contributed by atoms with Gasteiger partial charge >= 0.3 is 5.97 Å². The van der Waals surface area contributed by atoms with Crippen LogP contribution in [0, 0.1) is 6.92 Å². The highest BCUT2D eigenvalue weighted by molar-refractivity contribution is 9.10. The van der Waals surface area contributed by atoms with E-state index >= 15 is 0 Å². The zero-order chi connectivity index (χ0) is 24.9. The number of amides is 1. The van der Waals surface area contributed by atoms with Crippen LogP contribution in [0.25, 0.3) is 6.08 Å². The number of aromatic carboxylic acids is 1. The van der Waals surface area contributed by atoms with Gasteiger partial charge in [-0.1, -0.05) is 34.1 Å².